The van der Waals surface area contributed by atoms with E-state index in [1.165, 1.54) is 5.56 Å². The van der Waals surface area contributed by atoms with Crippen LogP contribution < -0.4 is 10.1 Å². The van der Waals surface area contributed by atoms with Gasteiger partial charge in [-0.3, -0.25) is 9.78 Å². The van der Waals surface area contributed by atoms with Crippen LogP contribution in [0.5, 0.6) is 5.75 Å². The highest BCUT2D eigenvalue weighted by atomic mass is 16.5. The van der Waals surface area contributed by atoms with Crippen LogP contribution in [-0.2, 0) is 17.6 Å². The normalized spacial score (nSPS) is 11.7. The third kappa shape index (κ3) is 6.46. The van der Waals surface area contributed by atoms with Gasteiger partial charge < -0.3 is 10.1 Å². The van der Waals surface area contributed by atoms with Gasteiger partial charge in [0.2, 0.25) is 5.91 Å². The smallest absolute Gasteiger partial charge is 0.224 e. The minimum atomic E-state index is 0.0170. The minimum Gasteiger partial charge on any atom is -0.491 e. The third-order valence-corrected chi connectivity index (χ3v) is 4.89. The summed E-state index contributed by atoms with van der Waals surface area (Å²) in [6.45, 7) is 2.11. The Morgan fingerprint density at radius 2 is 1.83 bits per heavy atom. The van der Waals surface area contributed by atoms with E-state index >= 15 is 0 Å². The van der Waals surface area contributed by atoms with Gasteiger partial charge in [-0.2, -0.15) is 0 Å². The molecule has 2 aromatic carbocycles. The van der Waals surface area contributed by atoms with Crippen LogP contribution in [0.15, 0.2) is 73.1 Å². The fourth-order valence-electron chi connectivity index (χ4n) is 3.29. The second-order valence-corrected chi connectivity index (χ2v) is 7.26. The fraction of sp³-hybridized carbons (Fsp3) is 0.280. The van der Waals surface area contributed by atoms with Crippen molar-refractivity contribution in [3.8, 4) is 16.9 Å². The molecule has 0 aliphatic heterocycles. The number of ether oxygens (including phenoxy) is 1. The summed E-state index contributed by atoms with van der Waals surface area (Å²) in [5.41, 5.74) is 4.48. The van der Waals surface area contributed by atoms with Crippen molar-refractivity contribution in [1.82, 2.24) is 10.3 Å². The number of nitrogens with zero attached hydrogens (tertiary/aromatic N) is 1. The highest BCUT2D eigenvalue weighted by Crippen LogP contribution is 2.24. The topological polar surface area (TPSA) is 51.2 Å². The van der Waals surface area contributed by atoms with E-state index in [9.17, 15) is 4.79 Å². The fourth-order valence-corrected chi connectivity index (χ4v) is 3.29. The number of pyridine rings is 1. The van der Waals surface area contributed by atoms with Crippen molar-refractivity contribution < 1.29 is 9.53 Å². The summed E-state index contributed by atoms with van der Waals surface area (Å²) in [6.07, 6.45) is 7.37. The van der Waals surface area contributed by atoms with Crippen LogP contribution in [0.4, 0.5) is 0 Å². The Morgan fingerprint density at radius 3 is 2.55 bits per heavy atom. The Hall–Kier alpha value is -3.14. The zero-order chi connectivity index (χ0) is 20.5. The predicted octanol–water partition coefficient (Wildman–Crippen LogP) is 4.83. The van der Waals surface area contributed by atoms with E-state index in [4.69, 9.17) is 4.74 Å². The van der Waals surface area contributed by atoms with Crippen molar-refractivity contribution in [2.45, 2.75) is 38.7 Å². The molecule has 0 aliphatic rings. The first-order valence-electron chi connectivity index (χ1n) is 10.1. The van der Waals surface area contributed by atoms with E-state index in [0.29, 0.717) is 6.42 Å². The van der Waals surface area contributed by atoms with E-state index in [1.54, 1.807) is 13.2 Å². The standard InChI is InChI=1S/C25H28N2O2/c1-19(6-3-7-20-9-5-15-27-18-20)29-24-13-11-22(12-14-24)23-10-4-8-21(16-23)17-25(28)26-2/h4-5,8-16,18-19H,3,6-7,17H2,1-2H3,(H,26,28)/t19-/m0/s1. The second-order valence-electron chi connectivity index (χ2n) is 7.26. The molecule has 4 nitrogen and oxygen atoms in total. The summed E-state index contributed by atoms with van der Waals surface area (Å²) in [6, 6.07) is 20.3. The predicted molar refractivity (Wildman–Crippen MR) is 117 cm³/mol. The van der Waals surface area contributed by atoms with Crippen LogP contribution >= 0.6 is 0 Å². The molecule has 0 saturated carbocycles. The van der Waals surface area contributed by atoms with Crippen LogP contribution in [0, 0.1) is 0 Å². The maximum Gasteiger partial charge on any atom is 0.224 e. The first-order valence-corrected chi connectivity index (χ1v) is 10.1. The Bertz CT molecular complexity index is 908. The van der Waals surface area contributed by atoms with Gasteiger partial charge in [-0.05, 0) is 66.6 Å². The van der Waals surface area contributed by atoms with Gasteiger partial charge in [-0.25, -0.2) is 0 Å². The highest BCUT2D eigenvalue weighted by molar-refractivity contribution is 5.79. The number of likely N-dealkylation sites (N-methyl/N-ethyl adjacent to an activating group) is 1. The lowest BCUT2D eigenvalue weighted by Gasteiger charge is -2.15. The molecule has 0 unspecified atom stereocenters. The van der Waals surface area contributed by atoms with Gasteiger partial charge in [-0.15, -0.1) is 0 Å². The molecule has 0 bridgehead atoms. The number of nitrogens with one attached hydrogen (secondary N) is 1. The lowest BCUT2D eigenvalue weighted by atomic mass is 10.0. The Labute approximate surface area is 173 Å². The van der Waals surface area contributed by atoms with Crippen molar-refractivity contribution in [1.29, 1.82) is 0 Å². The minimum absolute atomic E-state index is 0.0170. The molecule has 1 amide bonds. The molecule has 1 aromatic heterocycles. The van der Waals surface area contributed by atoms with Crippen molar-refractivity contribution in [2.24, 2.45) is 0 Å². The van der Waals surface area contributed by atoms with Crippen molar-refractivity contribution in [3.05, 3.63) is 84.2 Å². The van der Waals surface area contributed by atoms with Crippen molar-refractivity contribution >= 4 is 5.91 Å². The average Bonchev–Trinajstić information content (AvgIpc) is 2.75. The van der Waals surface area contributed by atoms with Gasteiger partial charge in [0.05, 0.1) is 12.5 Å². The van der Waals surface area contributed by atoms with E-state index in [0.717, 1.165) is 41.7 Å². The molecule has 1 heterocycles. The summed E-state index contributed by atoms with van der Waals surface area (Å²) >= 11 is 0. The number of benzene rings is 2. The molecular weight excluding hydrogens is 360 g/mol. The highest BCUT2D eigenvalue weighted by Gasteiger charge is 2.07. The molecule has 150 valence electrons. The molecule has 1 atom stereocenters. The monoisotopic (exact) mass is 388 g/mol. The third-order valence-electron chi connectivity index (χ3n) is 4.89. The number of carbonyl (C=O) groups is 1. The number of hydrogen-bond acceptors (Lipinski definition) is 3. The van der Waals surface area contributed by atoms with Crippen molar-refractivity contribution in [3.63, 3.8) is 0 Å². The summed E-state index contributed by atoms with van der Waals surface area (Å²) in [7, 11) is 1.66. The number of carbonyl (C=O) groups excluding carboxylic acids is 1. The van der Waals surface area contributed by atoms with Gasteiger partial charge in [0, 0.05) is 19.4 Å². The number of rotatable bonds is 9. The SMILES string of the molecule is CNC(=O)Cc1cccc(-c2ccc(O[C@@H](C)CCCc3cccnc3)cc2)c1. The zero-order valence-electron chi connectivity index (χ0n) is 17.1. The quantitative estimate of drug-likeness (QED) is 0.571. The summed E-state index contributed by atoms with van der Waals surface area (Å²) < 4.78 is 6.07. The number of hydrogen-bond donors (Lipinski definition) is 1. The molecule has 29 heavy (non-hydrogen) atoms. The molecule has 4 heteroatoms. The molecule has 3 rings (SSSR count). The molecule has 1 N–H and O–H groups in total. The number of aryl methyl sites for hydroxylation is 1. The molecule has 0 saturated heterocycles. The number of amides is 1. The number of aromatic nitrogens is 1. The van der Waals surface area contributed by atoms with Crippen molar-refractivity contribution in [2.75, 3.05) is 7.05 Å². The Morgan fingerprint density at radius 1 is 1.03 bits per heavy atom. The molecule has 0 spiro atoms. The zero-order valence-corrected chi connectivity index (χ0v) is 17.1. The second kappa shape index (κ2) is 10.4. The van der Waals surface area contributed by atoms with Crippen LogP contribution in [0.25, 0.3) is 11.1 Å². The van der Waals surface area contributed by atoms with Gasteiger partial charge in [0.25, 0.3) is 0 Å². The van der Waals surface area contributed by atoms with Gasteiger partial charge in [0.1, 0.15) is 5.75 Å². The molecule has 0 aliphatic carbocycles. The first kappa shape index (κ1) is 20.6. The van der Waals surface area contributed by atoms with Gasteiger partial charge >= 0.3 is 0 Å². The lowest BCUT2D eigenvalue weighted by molar-refractivity contribution is -0.119. The van der Waals surface area contributed by atoms with Crippen LogP contribution in [0.1, 0.15) is 30.9 Å². The van der Waals surface area contributed by atoms with Gasteiger partial charge in [-0.1, -0.05) is 42.5 Å². The van der Waals surface area contributed by atoms with E-state index < -0.39 is 0 Å². The Kier molecular flexibility index (Phi) is 7.40. The van der Waals surface area contributed by atoms with Crippen LogP contribution in [0.2, 0.25) is 0 Å². The van der Waals surface area contributed by atoms with E-state index in [2.05, 4.69) is 47.6 Å². The average molecular weight is 389 g/mol. The molecule has 0 radical (unpaired) electrons. The van der Waals surface area contributed by atoms with E-state index in [-0.39, 0.29) is 12.0 Å². The maximum atomic E-state index is 11.6. The largest absolute Gasteiger partial charge is 0.491 e. The maximum absolute atomic E-state index is 11.6. The van der Waals surface area contributed by atoms with Gasteiger partial charge in [0.15, 0.2) is 0 Å². The summed E-state index contributed by atoms with van der Waals surface area (Å²) in [5, 5.41) is 2.66. The molecule has 3 aromatic rings. The lowest BCUT2D eigenvalue weighted by Crippen LogP contribution is -2.19. The first-order chi connectivity index (χ1) is 14.1. The van der Waals surface area contributed by atoms with Crippen LogP contribution in [0.3, 0.4) is 0 Å². The van der Waals surface area contributed by atoms with E-state index in [1.807, 2.05) is 36.5 Å². The molecular formula is C25H28N2O2. The summed E-state index contributed by atoms with van der Waals surface area (Å²) in [5.74, 6) is 0.896. The molecule has 0 fully saturated rings. The van der Waals surface area contributed by atoms with Crippen LogP contribution in [-0.4, -0.2) is 24.0 Å². The summed E-state index contributed by atoms with van der Waals surface area (Å²) in [4.78, 5) is 15.8. The Balaban J connectivity index is 1.53.